The molecule has 1 aromatic rings. The van der Waals surface area contributed by atoms with E-state index >= 15 is 0 Å². The van der Waals surface area contributed by atoms with Crippen LogP contribution in [-0.2, 0) is 6.42 Å². The summed E-state index contributed by atoms with van der Waals surface area (Å²) in [6, 6.07) is 9.52. The molecule has 0 aromatic heterocycles. The van der Waals surface area contributed by atoms with Gasteiger partial charge < -0.3 is 15.5 Å². The van der Waals surface area contributed by atoms with E-state index in [-0.39, 0.29) is 5.54 Å². The van der Waals surface area contributed by atoms with E-state index in [1.165, 1.54) is 50.0 Å². The fraction of sp³-hybridized carbons (Fsp3) is 0.667. The van der Waals surface area contributed by atoms with Crippen molar-refractivity contribution in [3.63, 3.8) is 0 Å². The van der Waals surface area contributed by atoms with Gasteiger partial charge in [0.2, 0.25) is 0 Å². The summed E-state index contributed by atoms with van der Waals surface area (Å²) in [6.45, 7) is 8.91. The van der Waals surface area contributed by atoms with Gasteiger partial charge in [0.15, 0.2) is 0 Å². The Hall–Kier alpha value is -1.06. The Morgan fingerprint density at radius 1 is 1.14 bits per heavy atom. The van der Waals surface area contributed by atoms with Gasteiger partial charge in [0.1, 0.15) is 0 Å². The lowest BCUT2D eigenvalue weighted by atomic mass is 9.88. The Kier molecular flexibility index (Phi) is 4.23. The number of nitrogens with zero attached hydrogens (tertiary/aromatic N) is 2. The van der Waals surface area contributed by atoms with Crippen LogP contribution in [0.2, 0.25) is 0 Å². The molecule has 0 amide bonds. The molecule has 2 heterocycles. The minimum absolute atomic E-state index is 0.163. The molecule has 2 aliphatic rings. The van der Waals surface area contributed by atoms with E-state index in [1.807, 2.05) is 0 Å². The third-order valence-electron chi connectivity index (χ3n) is 5.52. The molecular formula is C18H29N3. The molecule has 116 valence electrons. The van der Waals surface area contributed by atoms with Crippen molar-refractivity contribution in [2.75, 3.05) is 31.1 Å². The van der Waals surface area contributed by atoms with Crippen LogP contribution in [0.15, 0.2) is 24.3 Å². The van der Waals surface area contributed by atoms with Gasteiger partial charge in [-0.2, -0.15) is 0 Å². The fourth-order valence-corrected chi connectivity index (χ4v) is 4.13. The minimum atomic E-state index is 0.163. The molecule has 0 radical (unpaired) electrons. The third-order valence-corrected chi connectivity index (χ3v) is 5.52. The number of hydrogen-bond acceptors (Lipinski definition) is 3. The average molecular weight is 287 g/mol. The SMILES string of the molecule is CC(C)N1CCCC(CN)(N2CCc3ccccc32)CC1. The molecule has 1 saturated heterocycles. The summed E-state index contributed by atoms with van der Waals surface area (Å²) >= 11 is 0. The molecule has 3 heteroatoms. The van der Waals surface area contributed by atoms with E-state index in [0.717, 1.165) is 13.1 Å². The summed E-state index contributed by atoms with van der Waals surface area (Å²) in [7, 11) is 0. The van der Waals surface area contributed by atoms with E-state index in [0.29, 0.717) is 6.04 Å². The predicted octanol–water partition coefficient (Wildman–Crippen LogP) is 2.64. The number of fused-ring (bicyclic) bond motifs is 1. The number of nitrogens with two attached hydrogens (primary N) is 1. The van der Waals surface area contributed by atoms with Gasteiger partial charge in [0.25, 0.3) is 0 Å². The summed E-state index contributed by atoms with van der Waals surface area (Å²) < 4.78 is 0. The molecule has 3 nitrogen and oxygen atoms in total. The summed E-state index contributed by atoms with van der Waals surface area (Å²) in [5, 5.41) is 0. The van der Waals surface area contributed by atoms with Crippen LogP contribution in [0.3, 0.4) is 0 Å². The smallest absolute Gasteiger partial charge is 0.0537 e. The first-order valence-corrected chi connectivity index (χ1v) is 8.46. The first-order valence-electron chi connectivity index (χ1n) is 8.46. The molecule has 0 spiro atoms. The van der Waals surface area contributed by atoms with Crippen molar-refractivity contribution in [2.24, 2.45) is 5.73 Å². The first kappa shape index (κ1) is 14.9. The maximum Gasteiger partial charge on any atom is 0.0537 e. The molecule has 21 heavy (non-hydrogen) atoms. The summed E-state index contributed by atoms with van der Waals surface area (Å²) in [4.78, 5) is 5.24. The number of hydrogen-bond donors (Lipinski definition) is 1. The van der Waals surface area contributed by atoms with Crippen LogP contribution < -0.4 is 10.6 Å². The van der Waals surface area contributed by atoms with E-state index < -0.39 is 0 Å². The maximum atomic E-state index is 6.31. The topological polar surface area (TPSA) is 32.5 Å². The Bertz CT molecular complexity index is 485. The quantitative estimate of drug-likeness (QED) is 0.927. The average Bonchev–Trinajstić information content (AvgIpc) is 2.80. The maximum absolute atomic E-state index is 6.31. The highest BCUT2D eigenvalue weighted by molar-refractivity contribution is 5.60. The molecule has 2 N–H and O–H groups in total. The molecule has 0 saturated carbocycles. The molecular weight excluding hydrogens is 258 g/mol. The van der Waals surface area contributed by atoms with Crippen molar-refractivity contribution in [3.05, 3.63) is 29.8 Å². The van der Waals surface area contributed by atoms with Gasteiger partial charge in [-0.3, -0.25) is 0 Å². The monoisotopic (exact) mass is 287 g/mol. The van der Waals surface area contributed by atoms with Crippen LogP contribution in [0, 0.1) is 0 Å². The van der Waals surface area contributed by atoms with Gasteiger partial charge in [-0.25, -0.2) is 0 Å². The highest BCUT2D eigenvalue weighted by Crippen LogP contribution is 2.38. The highest BCUT2D eigenvalue weighted by Gasteiger charge is 2.40. The van der Waals surface area contributed by atoms with Crippen molar-refractivity contribution in [1.29, 1.82) is 0 Å². The van der Waals surface area contributed by atoms with Crippen molar-refractivity contribution in [1.82, 2.24) is 4.90 Å². The lowest BCUT2D eigenvalue weighted by molar-refractivity contribution is 0.224. The normalized spacial score (nSPS) is 27.0. The van der Waals surface area contributed by atoms with Crippen LogP contribution in [0.5, 0.6) is 0 Å². The predicted molar refractivity (Wildman–Crippen MR) is 89.8 cm³/mol. The number of benzene rings is 1. The zero-order valence-corrected chi connectivity index (χ0v) is 13.5. The number of rotatable bonds is 3. The van der Waals surface area contributed by atoms with Gasteiger partial charge in [-0.15, -0.1) is 0 Å². The number of likely N-dealkylation sites (tertiary alicyclic amines) is 1. The van der Waals surface area contributed by atoms with Gasteiger partial charge in [-0.1, -0.05) is 18.2 Å². The first-order chi connectivity index (χ1) is 10.2. The van der Waals surface area contributed by atoms with Crippen LogP contribution in [0.25, 0.3) is 0 Å². The fourth-order valence-electron chi connectivity index (χ4n) is 4.13. The summed E-state index contributed by atoms with van der Waals surface area (Å²) in [6.07, 6.45) is 4.84. The molecule has 1 fully saturated rings. The standard InChI is InChI=1S/C18H29N3/c1-15(2)20-11-5-9-18(14-19,10-13-20)21-12-8-16-6-3-4-7-17(16)21/h3-4,6-7,15H,5,8-14,19H2,1-2H3. The molecule has 1 unspecified atom stereocenters. The van der Waals surface area contributed by atoms with E-state index in [2.05, 4.69) is 47.9 Å². The minimum Gasteiger partial charge on any atom is -0.364 e. The van der Waals surface area contributed by atoms with E-state index in [1.54, 1.807) is 0 Å². The van der Waals surface area contributed by atoms with E-state index in [4.69, 9.17) is 5.73 Å². The third kappa shape index (κ3) is 2.69. The van der Waals surface area contributed by atoms with Gasteiger partial charge >= 0.3 is 0 Å². The molecule has 0 bridgehead atoms. The van der Waals surface area contributed by atoms with Crippen molar-refractivity contribution >= 4 is 5.69 Å². The lowest BCUT2D eigenvalue weighted by Crippen LogP contribution is -2.54. The molecule has 3 rings (SSSR count). The van der Waals surface area contributed by atoms with Crippen molar-refractivity contribution in [2.45, 2.75) is 51.1 Å². The summed E-state index contributed by atoms with van der Waals surface area (Å²) in [5.74, 6) is 0. The zero-order chi connectivity index (χ0) is 14.9. The Labute approximate surface area is 129 Å². The van der Waals surface area contributed by atoms with Crippen LogP contribution in [-0.4, -0.2) is 42.7 Å². The molecule has 1 aromatic carbocycles. The second-order valence-electron chi connectivity index (χ2n) is 6.94. The largest absolute Gasteiger partial charge is 0.364 e. The van der Waals surface area contributed by atoms with Crippen molar-refractivity contribution in [3.8, 4) is 0 Å². The Morgan fingerprint density at radius 2 is 1.95 bits per heavy atom. The second-order valence-corrected chi connectivity index (χ2v) is 6.94. The molecule has 0 aliphatic carbocycles. The second kappa shape index (κ2) is 5.98. The highest BCUT2D eigenvalue weighted by atomic mass is 15.2. The number of anilines is 1. The van der Waals surface area contributed by atoms with Gasteiger partial charge in [0.05, 0.1) is 5.54 Å². The number of para-hydroxylation sites is 1. The summed E-state index contributed by atoms with van der Waals surface area (Å²) in [5.41, 5.74) is 9.40. The zero-order valence-electron chi connectivity index (χ0n) is 13.5. The molecule has 1 atom stereocenters. The van der Waals surface area contributed by atoms with E-state index in [9.17, 15) is 0 Å². The van der Waals surface area contributed by atoms with Crippen LogP contribution in [0.1, 0.15) is 38.7 Å². The van der Waals surface area contributed by atoms with Crippen LogP contribution in [0.4, 0.5) is 5.69 Å². The molecule has 2 aliphatic heterocycles. The van der Waals surface area contributed by atoms with Gasteiger partial charge in [0, 0.05) is 31.4 Å². The lowest BCUT2D eigenvalue weighted by Gasteiger charge is -2.43. The van der Waals surface area contributed by atoms with Crippen LogP contribution >= 0.6 is 0 Å². The Balaban J connectivity index is 1.85. The van der Waals surface area contributed by atoms with Gasteiger partial charge in [-0.05, 0) is 57.7 Å². The Morgan fingerprint density at radius 3 is 2.71 bits per heavy atom. The van der Waals surface area contributed by atoms with Crippen molar-refractivity contribution < 1.29 is 0 Å².